The third-order valence-electron chi connectivity index (χ3n) is 3.30. The number of alkyl halides is 1. The Bertz CT molecular complexity index is 395. The molecule has 1 aromatic rings. The van der Waals surface area contributed by atoms with Gasteiger partial charge in [0.2, 0.25) is 0 Å². The van der Waals surface area contributed by atoms with Crippen molar-refractivity contribution >= 4 is 0 Å². The van der Waals surface area contributed by atoms with Gasteiger partial charge >= 0.3 is 0 Å². The minimum Gasteiger partial charge on any atom is -0.494 e. The molecule has 18 heavy (non-hydrogen) atoms. The maximum Gasteiger partial charge on any atom is 0.165 e. The van der Waals surface area contributed by atoms with E-state index in [0.717, 1.165) is 26.2 Å². The molecule has 0 unspecified atom stereocenters. The van der Waals surface area contributed by atoms with Crippen LogP contribution in [0.25, 0.3) is 0 Å². The van der Waals surface area contributed by atoms with Crippen molar-refractivity contribution in [3.05, 3.63) is 29.6 Å². The number of halogens is 2. The Hall–Kier alpha value is -1.20. The number of nitrogens with one attached hydrogen (secondary N) is 1. The van der Waals surface area contributed by atoms with Crippen LogP contribution in [-0.4, -0.2) is 44.9 Å². The predicted molar refractivity (Wildman–Crippen MR) is 66.1 cm³/mol. The molecule has 1 aliphatic rings. The molecule has 2 rings (SSSR count). The molecule has 100 valence electrons. The van der Waals surface area contributed by atoms with E-state index in [1.165, 1.54) is 13.2 Å². The van der Waals surface area contributed by atoms with Gasteiger partial charge in [0.1, 0.15) is 6.67 Å². The van der Waals surface area contributed by atoms with Crippen LogP contribution in [0.4, 0.5) is 8.78 Å². The monoisotopic (exact) mass is 256 g/mol. The summed E-state index contributed by atoms with van der Waals surface area (Å²) in [6, 6.07) is 4.28. The SMILES string of the molecule is COc1ccc([C@H](CF)N2CCNCC2)cc1F. The highest BCUT2D eigenvalue weighted by atomic mass is 19.1. The van der Waals surface area contributed by atoms with Gasteiger partial charge in [-0.2, -0.15) is 0 Å². The Balaban J connectivity index is 2.18. The van der Waals surface area contributed by atoms with Crippen molar-refractivity contribution in [2.45, 2.75) is 6.04 Å². The highest BCUT2D eigenvalue weighted by molar-refractivity contribution is 5.31. The van der Waals surface area contributed by atoms with Crippen LogP contribution >= 0.6 is 0 Å². The molecule has 1 saturated heterocycles. The molecule has 0 spiro atoms. The highest BCUT2D eigenvalue weighted by Crippen LogP contribution is 2.26. The first-order valence-corrected chi connectivity index (χ1v) is 6.10. The average molecular weight is 256 g/mol. The Labute approximate surface area is 106 Å². The molecular weight excluding hydrogens is 238 g/mol. The lowest BCUT2D eigenvalue weighted by molar-refractivity contribution is 0.147. The van der Waals surface area contributed by atoms with Crippen molar-refractivity contribution in [1.82, 2.24) is 10.2 Å². The van der Waals surface area contributed by atoms with Crippen molar-refractivity contribution in [1.29, 1.82) is 0 Å². The maximum atomic E-state index is 13.6. The molecule has 1 atom stereocenters. The number of piperazine rings is 1. The van der Waals surface area contributed by atoms with Crippen molar-refractivity contribution in [3.8, 4) is 5.75 Å². The molecule has 0 amide bonds. The van der Waals surface area contributed by atoms with Gasteiger partial charge in [-0.25, -0.2) is 8.78 Å². The van der Waals surface area contributed by atoms with Crippen LogP contribution in [-0.2, 0) is 0 Å². The Kier molecular flexibility index (Phi) is 4.49. The molecule has 1 fully saturated rings. The second-order valence-corrected chi connectivity index (χ2v) is 4.35. The van der Waals surface area contributed by atoms with Crippen molar-refractivity contribution in [2.24, 2.45) is 0 Å². The lowest BCUT2D eigenvalue weighted by Gasteiger charge is -2.33. The van der Waals surface area contributed by atoms with Gasteiger partial charge in [0.15, 0.2) is 11.6 Å². The molecule has 0 aromatic heterocycles. The summed E-state index contributed by atoms with van der Waals surface area (Å²) in [5, 5.41) is 3.22. The fourth-order valence-electron chi connectivity index (χ4n) is 2.28. The van der Waals surface area contributed by atoms with Gasteiger partial charge in [0.05, 0.1) is 13.2 Å². The van der Waals surface area contributed by atoms with E-state index >= 15 is 0 Å². The highest BCUT2D eigenvalue weighted by Gasteiger charge is 2.22. The second kappa shape index (κ2) is 6.11. The topological polar surface area (TPSA) is 24.5 Å². The summed E-state index contributed by atoms with van der Waals surface area (Å²) in [6.07, 6.45) is 0. The summed E-state index contributed by atoms with van der Waals surface area (Å²) in [5.74, 6) is -0.250. The molecule has 1 heterocycles. The lowest BCUT2D eigenvalue weighted by atomic mass is 10.1. The summed E-state index contributed by atoms with van der Waals surface area (Å²) in [5.41, 5.74) is 0.665. The van der Waals surface area contributed by atoms with Crippen LogP contribution in [0.1, 0.15) is 11.6 Å². The maximum absolute atomic E-state index is 13.6. The largest absolute Gasteiger partial charge is 0.494 e. The van der Waals surface area contributed by atoms with Crippen LogP contribution in [0.5, 0.6) is 5.75 Å². The first-order chi connectivity index (χ1) is 8.76. The number of nitrogens with zero attached hydrogens (tertiary/aromatic N) is 1. The van der Waals surface area contributed by atoms with Crippen molar-refractivity contribution in [2.75, 3.05) is 40.0 Å². The number of hydrogen-bond donors (Lipinski definition) is 1. The zero-order valence-electron chi connectivity index (χ0n) is 10.5. The van der Waals surface area contributed by atoms with Crippen LogP contribution in [0.3, 0.4) is 0 Å². The van der Waals surface area contributed by atoms with E-state index in [2.05, 4.69) is 5.32 Å². The van der Waals surface area contributed by atoms with Crippen molar-refractivity contribution < 1.29 is 13.5 Å². The van der Waals surface area contributed by atoms with E-state index in [9.17, 15) is 8.78 Å². The molecule has 0 bridgehead atoms. The van der Waals surface area contributed by atoms with E-state index in [-0.39, 0.29) is 11.8 Å². The molecule has 0 aliphatic carbocycles. The minimum atomic E-state index is -0.508. The number of methoxy groups -OCH3 is 1. The molecule has 5 heteroatoms. The third-order valence-corrected chi connectivity index (χ3v) is 3.30. The molecule has 1 aliphatic heterocycles. The summed E-state index contributed by atoms with van der Waals surface area (Å²) >= 11 is 0. The van der Waals surface area contributed by atoms with Gasteiger partial charge < -0.3 is 10.1 Å². The number of hydrogen-bond acceptors (Lipinski definition) is 3. The van der Waals surface area contributed by atoms with E-state index in [4.69, 9.17) is 4.74 Å². The van der Waals surface area contributed by atoms with Gasteiger partial charge in [0.25, 0.3) is 0 Å². The molecule has 0 radical (unpaired) electrons. The third kappa shape index (κ3) is 2.79. The fourth-order valence-corrected chi connectivity index (χ4v) is 2.28. The van der Waals surface area contributed by atoms with Crippen molar-refractivity contribution in [3.63, 3.8) is 0 Å². The molecular formula is C13H18F2N2O. The van der Waals surface area contributed by atoms with Crippen LogP contribution < -0.4 is 10.1 Å². The zero-order valence-corrected chi connectivity index (χ0v) is 10.5. The average Bonchev–Trinajstić information content (AvgIpc) is 2.41. The fraction of sp³-hybridized carbons (Fsp3) is 0.538. The van der Waals surface area contributed by atoms with E-state index in [1.54, 1.807) is 12.1 Å². The molecule has 1 N–H and O–H groups in total. The summed E-state index contributed by atoms with van der Waals surface area (Å²) in [6.45, 7) is 2.74. The Morgan fingerprint density at radius 3 is 2.67 bits per heavy atom. The molecule has 0 saturated carbocycles. The van der Waals surface area contributed by atoms with Gasteiger partial charge in [-0.1, -0.05) is 6.07 Å². The normalized spacial score (nSPS) is 18.6. The van der Waals surface area contributed by atoms with Crippen LogP contribution in [0.2, 0.25) is 0 Å². The van der Waals surface area contributed by atoms with Crippen LogP contribution in [0, 0.1) is 5.82 Å². The Morgan fingerprint density at radius 2 is 2.11 bits per heavy atom. The van der Waals surface area contributed by atoms with Gasteiger partial charge in [-0.05, 0) is 17.7 Å². The van der Waals surface area contributed by atoms with E-state index in [1.807, 2.05) is 4.90 Å². The number of ether oxygens (including phenoxy) is 1. The first-order valence-electron chi connectivity index (χ1n) is 6.10. The lowest BCUT2D eigenvalue weighted by Crippen LogP contribution is -2.45. The minimum absolute atomic E-state index is 0.191. The molecule has 3 nitrogen and oxygen atoms in total. The van der Waals surface area contributed by atoms with E-state index in [0.29, 0.717) is 5.56 Å². The van der Waals surface area contributed by atoms with Gasteiger partial charge in [0, 0.05) is 26.2 Å². The standard InChI is InChI=1S/C13H18F2N2O/c1-18-13-3-2-10(8-11(13)15)12(9-14)17-6-4-16-5-7-17/h2-3,8,12,16H,4-7,9H2,1H3/t12-/m0/s1. The zero-order chi connectivity index (χ0) is 13.0. The van der Waals surface area contributed by atoms with Crippen LogP contribution in [0.15, 0.2) is 18.2 Å². The predicted octanol–water partition coefficient (Wildman–Crippen LogP) is 1.75. The van der Waals surface area contributed by atoms with Gasteiger partial charge in [-0.15, -0.1) is 0 Å². The summed E-state index contributed by atoms with van der Waals surface area (Å²) in [4.78, 5) is 2.04. The quantitative estimate of drug-likeness (QED) is 0.888. The smallest absolute Gasteiger partial charge is 0.165 e. The first kappa shape index (κ1) is 13.2. The van der Waals surface area contributed by atoms with E-state index < -0.39 is 12.5 Å². The molecule has 1 aromatic carbocycles. The summed E-state index contributed by atoms with van der Waals surface area (Å²) in [7, 11) is 1.42. The number of rotatable bonds is 4. The number of benzene rings is 1. The Morgan fingerprint density at radius 1 is 1.39 bits per heavy atom. The second-order valence-electron chi connectivity index (χ2n) is 4.35. The van der Waals surface area contributed by atoms with Gasteiger partial charge in [-0.3, -0.25) is 4.90 Å². The summed E-state index contributed by atoms with van der Waals surface area (Å²) < 4.78 is 31.7.